The highest BCUT2D eigenvalue weighted by Gasteiger charge is 2.33. The van der Waals surface area contributed by atoms with E-state index in [2.05, 4.69) is 0 Å². The van der Waals surface area contributed by atoms with Gasteiger partial charge in [0.05, 0.1) is 13.2 Å². The van der Waals surface area contributed by atoms with Gasteiger partial charge in [0.25, 0.3) is 0 Å². The Labute approximate surface area is 80.5 Å². The summed E-state index contributed by atoms with van der Waals surface area (Å²) in [4.78, 5) is 0. The fourth-order valence-corrected chi connectivity index (χ4v) is 0.873. The molecule has 86 valence electrons. The standard InChI is InChI=1S/C7H16O7/c8-1-3(10)5(12)7(14)6(13)4(11)2-9/h3-14H,1-2H2/t3-,4?,5+,6?,7?/m0/s1. The van der Waals surface area contributed by atoms with Crippen LogP contribution in [0.25, 0.3) is 0 Å². The maximum absolute atomic E-state index is 9.15. The Bertz CT molecular complexity index is 137. The zero-order valence-electron chi connectivity index (χ0n) is 7.43. The van der Waals surface area contributed by atoms with Crippen molar-refractivity contribution >= 4 is 0 Å². The van der Waals surface area contributed by atoms with Crippen LogP contribution in [-0.4, -0.2) is 79.5 Å². The Morgan fingerprint density at radius 2 is 0.857 bits per heavy atom. The third-order valence-corrected chi connectivity index (χ3v) is 1.86. The van der Waals surface area contributed by atoms with E-state index in [9.17, 15) is 0 Å². The first kappa shape index (κ1) is 13.7. The van der Waals surface area contributed by atoms with Gasteiger partial charge in [-0.3, -0.25) is 0 Å². The minimum atomic E-state index is -1.85. The van der Waals surface area contributed by atoms with Gasteiger partial charge in [0.2, 0.25) is 0 Å². The summed E-state index contributed by atoms with van der Waals surface area (Å²) in [6.45, 7) is -1.58. The number of hydrogen-bond donors (Lipinski definition) is 7. The van der Waals surface area contributed by atoms with Crippen LogP contribution in [0.1, 0.15) is 0 Å². The lowest BCUT2D eigenvalue weighted by atomic mass is 10.00. The van der Waals surface area contributed by atoms with Gasteiger partial charge in [0, 0.05) is 0 Å². The van der Waals surface area contributed by atoms with Crippen LogP contribution in [0.4, 0.5) is 0 Å². The molecule has 0 aliphatic carbocycles. The van der Waals surface area contributed by atoms with E-state index >= 15 is 0 Å². The molecule has 0 fully saturated rings. The first-order chi connectivity index (χ1) is 6.45. The molecule has 3 unspecified atom stereocenters. The molecule has 0 rings (SSSR count). The fraction of sp³-hybridized carbons (Fsp3) is 1.00. The molecule has 0 saturated carbocycles. The van der Waals surface area contributed by atoms with Crippen molar-refractivity contribution < 1.29 is 35.7 Å². The van der Waals surface area contributed by atoms with E-state index in [0.717, 1.165) is 0 Å². The number of aliphatic hydroxyl groups is 7. The largest absolute Gasteiger partial charge is 0.394 e. The van der Waals surface area contributed by atoms with Crippen LogP contribution in [0.5, 0.6) is 0 Å². The SMILES string of the molecule is OCC(O)C(O)C(O)[C@H](O)[C@@H](O)CO. The molecule has 0 spiro atoms. The first-order valence-electron chi connectivity index (χ1n) is 4.07. The van der Waals surface area contributed by atoms with Crippen LogP contribution in [0.15, 0.2) is 0 Å². The van der Waals surface area contributed by atoms with Crippen LogP contribution in [0.2, 0.25) is 0 Å². The second-order valence-electron chi connectivity index (χ2n) is 2.97. The number of hydrogen-bond acceptors (Lipinski definition) is 7. The van der Waals surface area contributed by atoms with Gasteiger partial charge in [-0.15, -0.1) is 0 Å². The van der Waals surface area contributed by atoms with Crippen LogP contribution < -0.4 is 0 Å². The molecule has 7 N–H and O–H groups in total. The summed E-state index contributed by atoms with van der Waals surface area (Å²) in [6.07, 6.45) is -8.68. The van der Waals surface area contributed by atoms with E-state index in [1.165, 1.54) is 0 Å². The predicted octanol–water partition coefficient (Wildman–Crippen LogP) is -4.22. The topological polar surface area (TPSA) is 142 Å². The van der Waals surface area contributed by atoms with Crippen LogP contribution in [0, 0.1) is 0 Å². The van der Waals surface area contributed by atoms with Crippen molar-refractivity contribution in [3.05, 3.63) is 0 Å². The van der Waals surface area contributed by atoms with Crippen molar-refractivity contribution in [2.75, 3.05) is 13.2 Å². The molecule has 7 nitrogen and oxygen atoms in total. The maximum atomic E-state index is 9.15. The fourth-order valence-electron chi connectivity index (χ4n) is 0.873. The van der Waals surface area contributed by atoms with Crippen LogP contribution >= 0.6 is 0 Å². The molecule has 0 radical (unpaired) electrons. The second-order valence-corrected chi connectivity index (χ2v) is 2.97. The average Bonchev–Trinajstić information content (AvgIpc) is 2.23. The second kappa shape index (κ2) is 6.25. The summed E-state index contributed by atoms with van der Waals surface area (Å²) in [6, 6.07) is 0. The molecular weight excluding hydrogens is 196 g/mol. The molecule has 0 aromatic carbocycles. The zero-order chi connectivity index (χ0) is 11.3. The molecular formula is C7H16O7. The van der Waals surface area contributed by atoms with Crippen molar-refractivity contribution in [3.8, 4) is 0 Å². The summed E-state index contributed by atoms with van der Waals surface area (Å²) in [5, 5.41) is 61.9. The third kappa shape index (κ3) is 3.46. The molecule has 0 aliphatic rings. The van der Waals surface area contributed by atoms with Crippen LogP contribution in [0.3, 0.4) is 0 Å². The Kier molecular flexibility index (Phi) is 6.12. The lowest BCUT2D eigenvalue weighted by Crippen LogP contribution is -2.50. The Hall–Kier alpha value is -0.280. The number of aliphatic hydroxyl groups excluding tert-OH is 7. The summed E-state index contributed by atoms with van der Waals surface area (Å²) in [7, 11) is 0. The van der Waals surface area contributed by atoms with Gasteiger partial charge in [0.1, 0.15) is 30.5 Å². The highest BCUT2D eigenvalue weighted by atomic mass is 16.4. The maximum Gasteiger partial charge on any atom is 0.111 e. The highest BCUT2D eigenvalue weighted by Crippen LogP contribution is 2.07. The predicted molar refractivity (Wildman–Crippen MR) is 44.2 cm³/mol. The van der Waals surface area contributed by atoms with E-state index in [0.29, 0.717) is 0 Å². The van der Waals surface area contributed by atoms with Crippen molar-refractivity contribution in [1.29, 1.82) is 0 Å². The molecule has 0 heterocycles. The summed E-state index contributed by atoms with van der Waals surface area (Å²) >= 11 is 0. The van der Waals surface area contributed by atoms with Crippen LogP contribution in [-0.2, 0) is 0 Å². The van der Waals surface area contributed by atoms with Crippen molar-refractivity contribution in [1.82, 2.24) is 0 Å². The van der Waals surface area contributed by atoms with E-state index in [-0.39, 0.29) is 0 Å². The van der Waals surface area contributed by atoms with Gasteiger partial charge >= 0.3 is 0 Å². The smallest absolute Gasteiger partial charge is 0.111 e. The van der Waals surface area contributed by atoms with Gasteiger partial charge in [-0.1, -0.05) is 0 Å². The van der Waals surface area contributed by atoms with Gasteiger partial charge in [0.15, 0.2) is 0 Å². The van der Waals surface area contributed by atoms with Crippen molar-refractivity contribution in [2.24, 2.45) is 0 Å². The molecule has 0 aliphatic heterocycles. The monoisotopic (exact) mass is 212 g/mol. The highest BCUT2D eigenvalue weighted by molar-refractivity contribution is 4.84. The first-order valence-corrected chi connectivity index (χ1v) is 4.07. The minimum Gasteiger partial charge on any atom is -0.394 e. The minimum absolute atomic E-state index is 0.792. The van der Waals surface area contributed by atoms with E-state index in [1.807, 2.05) is 0 Å². The van der Waals surface area contributed by atoms with E-state index in [1.54, 1.807) is 0 Å². The molecule has 5 atom stereocenters. The zero-order valence-corrected chi connectivity index (χ0v) is 7.43. The molecule has 0 bridgehead atoms. The molecule has 0 saturated heterocycles. The summed E-state index contributed by atoms with van der Waals surface area (Å²) in [5.74, 6) is 0. The van der Waals surface area contributed by atoms with Gasteiger partial charge < -0.3 is 35.7 Å². The summed E-state index contributed by atoms with van der Waals surface area (Å²) < 4.78 is 0. The Morgan fingerprint density at radius 3 is 1.07 bits per heavy atom. The number of rotatable bonds is 6. The third-order valence-electron chi connectivity index (χ3n) is 1.86. The lowest BCUT2D eigenvalue weighted by molar-refractivity contribution is -0.145. The van der Waals surface area contributed by atoms with E-state index in [4.69, 9.17) is 35.7 Å². The van der Waals surface area contributed by atoms with Gasteiger partial charge in [-0.25, -0.2) is 0 Å². The molecule has 14 heavy (non-hydrogen) atoms. The van der Waals surface area contributed by atoms with E-state index < -0.39 is 43.7 Å². The lowest BCUT2D eigenvalue weighted by Gasteiger charge is -2.27. The van der Waals surface area contributed by atoms with Crippen molar-refractivity contribution in [3.63, 3.8) is 0 Å². The Balaban J connectivity index is 4.22. The molecule has 7 heteroatoms. The quantitative estimate of drug-likeness (QED) is 0.236. The molecule has 0 amide bonds. The molecule has 0 aromatic rings. The van der Waals surface area contributed by atoms with Gasteiger partial charge in [-0.05, 0) is 0 Å². The molecule has 0 aromatic heterocycles. The van der Waals surface area contributed by atoms with Gasteiger partial charge in [-0.2, -0.15) is 0 Å². The average molecular weight is 212 g/mol. The normalized spacial score (nSPS) is 22.5. The Morgan fingerprint density at radius 1 is 0.571 bits per heavy atom. The summed E-state index contributed by atoms with van der Waals surface area (Å²) in [5.41, 5.74) is 0. The van der Waals surface area contributed by atoms with Crippen molar-refractivity contribution in [2.45, 2.75) is 30.5 Å².